The fraction of sp³-hybridized carbons (Fsp3) is 0.625. The van der Waals surface area contributed by atoms with Gasteiger partial charge in [0.2, 0.25) is 0 Å². The molecule has 1 aliphatic heterocycles. The second kappa shape index (κ2) is 4.58. The van der Waals surface area contributed by atoms with E-state index < -0.39 is 0 Å². The third-order valence-corrected chi connectivity index (χ3v) is 4.59. The van der Waals surface area contributed by atoms with E-state index in [0.717, 1.165) is 13.1 Å². The van der Waals surface area contributed by atoms with Gasteiger partial charge in [0.25, 0.3) is 0 Å². The zero-order valence-electron chi connectivity index (χ0n) is 12.4. The predicted molar refractivity (Wildman–Crippen MR) is 79.2 cm³/mol. The van der Waals surface area contributed by atoms with Crippen LogP contribution in [0.25, 0.3) is 0 Å². The zero-order valence-corrected chi connectivity index (χ0v) is 12.4. The maximum atomic E-state index is 5.92. The maximum Gasteiger partial charge on any atom is 0.0430 e. The molecule has 0 bridgehead atoms. The Morgan fingerprint density at radius 3 is 2.22 bits per heavy atom. The first-order valence-electron chi connectivity index (χ1n) is 6.93. The molecule has 0 aromatic heterocycles. The van der Waals surface area contributed by atoms with Crippen molar-refractivity contribution in [1.29, 1.82) is 0 Å². The summed E-state index contributed by atoms with van der Waals surface area (Å²) in [4.78, 5) is 2.56. The van der Waals surface area contributed by atoms with Crippen LogP contribution in [0.1, 0.15) is 37.0 Å². The van der Waals surface area contributed by atoms with Crippen LogP contribution in [0, 0.1) is 26.7 Å². The molecule has 1 atom stereocenters. The van der Waals surface area contributed by atoms with Crippen molar-refractivity contribution in [2.24, 2.45) is 11.7 Å². The molecule has 2 N–H and O–H groups in total. The van der Waals surface area contributed by atoms with Crippen molar-refractivity contribution >= 4 is 5.69 Å². The highest BCUT2D eigenvalue weighted by atomic mass is 15.2. The lowest BCUT2D eigenvalue weighted by atomic mass is 9.87. The van der Waals surface area contributed by atoms with Crippen LogP contribution >= 0.6 is 0 Å². The van der Waals surface area contributed by atoms with Crippen LogP contribution in [0.15, 0.2) is 12.1 Å². The van der Waals surface area contributed by atoms with E-state index in [1.807, 2.05) is 0 Å². The van der Waals surface area contributed by atoms with E-state index in [9.17, 15) is 0 Å². The first-order chi connectivity index (χ1) is 8.37. The highest BCUT2D eigenvalue weighted by Crippen LogP contribution is 2.40. The highest BCUT2D eigenvalue weighted by Gasteiger charge is 2.41. The quantitative estimate of drug-likeness (QED) is 0.868. The fourth-order valence-corrected chi connectivity index (χ4v) is 3.55. The van der Waals surface area contributed by atoms with Gasteiger partial charge in [-0.2, -0.15) is 0 Å². The van der Waals surface area contributed by atoms with Crippen LogP contribution in [0.5, 0.6) is 0 Å². The molecule has 0 aliphatic carbocycles. The Kier molecular flexibility index (Phi) is 3.41. The second-order valence-electron chi connectivity index (χ2n) is 6.27. The van der Waals surface area contributed by atoms with Gasteiger partial charge in [0, 0.05) is 17.8 Å². The molecule has 1 unspecified atom stereocenters. The van der Waals surface area contributed by atoms with Crippen molar-refractivity contribution in [2.75, 3.05) is 18.0 Å². The monoisotopic (exact) mass is 246 g/mol. The number of hydrogen-bond donors (Lipinski definition) is 1. The van der Waals surface area contributed by atoms with Gasteiger partial charge in [0.15, 0.2) is 0 Å². The molecule has 2 rings (SSSR count). The predicted octanol–water partition coefficient (Wildman–Crippen LogP) is 3.18. The van der Waals surface area contributed by atoms with Crippen molar-refractivity contribution in [3.8, 4) is 0 Å². The number of hydrogen-bond acceptors (Lipinski definition) is 2. The van der Waals surface area contributed by atoms with E-state index in [2.05, 4.69) is 51.7 Å². The normalized spacial score (nSPS) is 22.6. The van der Waals surface area contributed by atoms with Crippen molar-refractivity contribution in [3.05, 3.63) is 28.8 Å². The Balaban J connectivity index is 2.45. The number of aryl methyl sites for hydroxylation is 3. The van der Waals surface area contributed by atoms with Crippen molar-refractivity contribution in [2.45, 2.75) is 46.6 Å². The average molecular weight is 246 g/mol. The zero-order chi connectivity index (χ0) is 13.5. The SMILES string of the molecule is Cc1cc(C)c(N2CCC(CN)C2(C)C)c(C)c1. The Hall–Kier alpha value is -1.02. The molecule has 1 fully saturated rings. The molecule has 0 spiro atoms. The molecule has 1 saturated heterocycles. The summed E-state index contributed by atoms with van der Waals surface area (Å²) in [5.41, 5.74) is 11.6. The lowest BCUT2D eigenvalue weighted by Crippen LogP contribution is -2.45. The number of anilines is 1. The van der Waals surface area contributed by atoms with E-state index in [-0.39, 0.29) is 5.54 Å². The molecule has 2 heteroatoms. The van der Waals surface area contributed by atoms with Crippen LogP contribution in [0.3, 0.4) is 0 Å². The van der Waals surface area contributed by atoms with Gasteiger partial charge in [-0.15, -0.1) is 0 Å². The first kappa shape index (κ1) is 13.4. The fourth-order valence-electron chi connectivity index (χ4n) is 3.55. The van der Waals surface area contributed by atoms with Gasteiger partial charge in [0.05, 0.1) is 0 Å². The van der Waals surface area contributed by atoms with Crippen LogP contribution < -0.4 is 10.6 Å². The topological polar surface area (TPSA) is 29.3 Å². The molecule has 1 aromatic rings. The summed E-state index contributed by atoms with van der Waals surface area (Å²) < 4.78 is 0. The van der Waals surface area contributed by atoms with Gasteiger partial charge < -0.3 is 10.6 Å². The third kappa shape index (κ3) is 2.03. The number of nitrogens with two attached hydrogens (primary N) is 1. The number of benzene rings is 1. The molecule has 18 heavy (non-hydrogen) atoms. The highest BCUT2D eigenvalue weighted by molar-refractivity contribution is 5.62. The Morgan fingerprint density at radius 1 is 1.22 bits per heavy atom. The van der Waals surface area contributed by atoms with Gasteiger partial charge in [-0.1, -0.05) is 17.7 Å². The first-order valence-corrected chi connectivity index (χ1v) is 6.93. The lowest BCUT2D eigenvalue weighted by Gasteiger charge is -2.39. The summed E-state index contributed by atoms with van der Waals surface area (Å²) in [6.07, 6.45) is 1.20. The van der Waals surface area contributed by atoms with Crippen LogP contribution in [-0.4, -0.2) is 18.6 Å². The molecular formula is C16H26N2. The molecule has 0 radical (unpaired) electrons. The van der Waals surface area contributed by atoms with Gasteiger partial charge >= 0.3 is 0 Å². The Morgan fingerprint density at radius 2 is 1.78 bits per heavy atom. The summed E-state index contributed by atoms with van der Waals surface area (Å²) in [6, 6.07) is 4.57. The third-order valence-electron chi connectivity index (χ3n) is 4.59. The summed E-state index contributed by atoms with van der Waals surface area (Å²) in [7, 11) is 0. The summed E-state index contributed by atoms with van der Waals surface area (Å²) in [5.74, 6) is 0.595. The van der Waals surface area contributed by atoms with E-state index in [4.69, 9.17) is 5.73 Å². The minimum absolute atomic E-state index is 0.166. The summed E-state index contributed by atoms with van der Waals surface area (Å²) in [6.45, 7) is 13.2. The van der Waals surface area contributed by atoms with Gasteiger partial charge in [-0.3, -0.25) is 0 Å². The summed E-state index contributed by atoms with van der Waals surface area (Å²) >= 11 is 0. The van der Waals surface area contributed by atoms with E-state index in [1.54, 1.807) is 0 Å². The smallest absolute Gasteiger partial charge is 0.0430 e. The van der Waals surface area contributed by atoms with Crippen molar-refractivity contribution in [3.63, 3.8) is 0 Å². The van der Waals surface area contributed by atoms with Gasteiger partial charge in [-0.05, 0) is 64.6 Å². The molecule has 1 aromatic carbocycles. The Labute approximate surface area is 111 Å². The summed E-state index contributed by atoms with van der Waals surface area (Å²) in [5, 5.41) is 0. The van der Waals surface area contributed by atoms with E-state index in [1.165, 1.54) is 28.8 Å². The van der Waals surface area contributed by atoms with Crippen LogP contribution in [0.4, 0.5) is 5.69 Å². The number of rotatable bonds is 2. The van der Waals surface area contributed by atoms with E-state index >= 15 is 0 Å². The average Bonchev–Trinajstić information content (AvgIpc) is 2.53. The van der Waals surface area contributed by atoms with Gasteiger partial charge in [-0.25, -0.2) is 0 Å². The molecule has 100 valence electrons. The van der Waals surface area contributed by atoms with E-state index in [0.29, 0.717) is 5.92 Å². The standard InChI is InChI=1S/C16H26N2/c1-11-8-12(2)15(13(3)9-11)18-7-6-14(10-17)16(18,4)5/h8-9,14H,6-7,10,17H2,1-5H3. The minimum Gasteiger partial charge on any atom is -0.366 e. The maximum absolute atomic E-state index is 5.92. The molecule has 0 amide bonds. The van der Waals surface area contributed by atoms with Crippen molar-refractivity contribution in [1.82, 2.24) is 0 Å². The second-order valence-corrected chi connectivity index (χ2v) is 6.27. The molecule has 1 aliphatic rings. The van der Waals surface area contributed by atoms with Gasteiger partial charge in [0.1, 0.15) is 0 Å². The largest absolute Gasteiger partial charge is 0.366 e. The van der Waals surface area contributed by atoms with Crippen molar-refractivity contribution < 1.29 is 0 Å². The molecule has 0 saturated carbocycles. The Bertz CT molecular complexity index is 425. The number of nitrogens with zero attached hydrogens (tertiary/aromatic N) is 1. The molecule has 2 nitrogen and oxygen atoms in total. The molecule has 1 heterocycles. The minimum atomic E-state index is 0.166. The molecular weight excluding hydrogens is 220 g/mol. The van der Waals surface area contributed by atoms with Crippen LogP contribution in [0.2, 0.25) is 0 Å². The lowest BCUT2D eigenvalue weighted by molar-refractivity contribution is 0.373. The van der Waals surface area contributed by atoms with Crippen LogP contribution in [-0.2, 0) is 0 Å².